The zero-order chi connectivity index (χ0) is 18.1. The molecule has 4 rings (SSSR count). The largest absolute Gasteiger partial charge is 0.335 e. The Morgan fingerprint density at radius 1 is 0.962 bits per heavy atom. The van der Waals surface area contributed by atoms with Gasteiger partial charge in [-0.3, -0.25) is 4.79 Å². The van der Waals surface area contributed by atoms with E-state index in [1.54, 1.807) is 11.0 Å². The molecule has 1 aliphatic carbocycles. The second-order valence-electron chi connectivity index (χ2n) is 6.81. The fraction of sp³-hybridized carbons (Fsp3) is 0.421. The maximum absolute atomic E-state index is 13.0. The lowest BCUT2D eigenvalue weighted by molar-refractivity contribution is 0.0703. The molecule has 2 aliphatic rings. The monoisotopic (exact) mass is 390 g/mol. The summed E-state index contributed by atoms with van der Waals surface area (Å²) in [5, 5.41) is 1.88. The van der Waals surface area contributed by atoms with E-state index in [0.29, 0.717) is 36.0 Å². The topological polar surface area (TPSA) is 57.7 Å². The lowest BCUT2D eigenvalue weighted by atomic mass is 9.92. The minimum absolute atomic E-state index is 0.00849. The summed E-state index contributed by atoms with van der Waals surface area (Å²) in [5.74, 6) is -0.00849. The van der Waals surface area contributed by atoms with Crippen molar-refractivity contribution in [3.8, 4) is 0 Å². The number of amides is 1. The van der Waals surface area contributed by atoms with Gasteiger partial charge in [0.15, 0.2) is 0 Å². The van der Waals surface area contributed by atoms with Crippen molar-refractivity contribution < 1.29 is 13.2 Å². The quantitative estimate of drug-likeness (QED) is 0.810. The number of piperazine rings is 1. The predicted molar refractivity (Wildman–Crippen MR) is 102 cm³/mol. The van der Waals surface area contributed by atoms with Gasteiger partial charge >= 0.3 is 0 Å². The van der Waals surface area contributed by atoms with Gasteiger partial charge < -0.3 is 4.90 Å². The second-order valence-corrected chi connectivity index (χ2v) is 9.70. The molecule has 1 saturated heterocycles. The molecule has 1 aliphatic heterocycles. The third kappa shape index (κ3) is 3.31. The van der Waals surface area contributed by atoms with Crippen LogP contribution in [-0.2, 0) is 22.9 Å². The van der Waals surface area contributed by atoms with Crippen molar-refractivity contribution in [3.63, 3.8) is 0 Å². The van der Waals surface area contributed by atoms with Crippen molar-refractivity contribution in [2.24, 2.45) is 0 Å². The maximum atomic E-state index is 13.0. The van der Waals surface area contributed by atoms with E-state index in [0.717, 1.165) is 19.3 Å². The zero-order valence-electron chi connectivity index (χ0n) is 14.6. The first-order valence-electron chi connectivity index (χ1n) is 9.00. The number of carbonyl (C=O) groups is 1. The number of thiophene rings is 1. The number of carbonyl (C=O) groups excluding carboxylic acids is 1. The molecule has 1 fully saturated rings. The lowest BCUT2D eigenvalue weighted by Gasteiger charge is -2.34. The van der Waals surface area contributed by atoms with E-state index in [1.807, 2.05) is 29.6 Å². The van der Waals surface area contributed by atoms with E-state index in [4.69, 9.17) is 0 Å². The predicted octanol–water partition coefficient (Wildman–Crippen LogP) is 2.77. The molecule has 5 nitrogen and oxygen atoms in total. The van der Waals surface area contributed by atoms with Crippen molar-refractivity contribution in [3.05, 3.63) is 51.7 Å². The number of fused-ring (bicyclic) bond motifs is 1. The standard InChI is InChI=1S/C19H22N2O3S2/c22-19(18-6-3-13-25-18)20-9-11-21(12-10-20)26(23,24)17-8-7-15-4-1-2-5-16(15)14-17/h3,6-8,13-14H,1-2,4-5,9-12H2. The van der Waals surface area contributed by atoms with Crippen LogP contribution in [0.25, 0.3) is 0 Å². The van der Waals surface area contributed by atoms with E-state index >= 15 is 0 Å². The second kappa shape index (κ2) is 7.13. The SMILES string of the molecule is O=C(c1cccs1)N1CCN(S(=O)(=O)c2ccc3c(c2)CCCC3)CC1. The van der Waals surface area contributed by atoms with Crippen LogP contribution >= 0.6 is 11.3 Å². The van der Waals surface area contributed by atoms with Crippen LogP contribution in [0.3, 0.4) is 0 Å². The zero-order valence-corrected chi connectivity index (χ0v) is 16.2. The highest BCUT2D eigenvalue weighted by Gasteiger charge is 2.31. The van der Waals surface area contributed by atoms with Gasteiger partial charge in [0.1, 0.15) is 0 Å². The van der Waals surface area contributed by atoms with Crippen LogP contribution in [0.15, 0.2) is 40.6 Å². The molecule has 1 aromatic heterocycles. The van der Waals surface area contributed by atoms with Gasteiger partial charge in [0.05, 0.1) is 9.77 Å². The summed E-state index contributed by atoms with van der Waals surface area (Å²) in [5.41, 5.74) is 2.45. The average molecular weight is 391 g/mol. The summed E-state index contributed by atoms with van der Waals surface area (Å²) < 4.78 is 27.5. The highest BCUT2D eigenvalue weighted by molar-refractivity contribution is 7.89. The summed E-state index contributed by atoms with van der Waals surface area (Å²) in [7, 11) is -3.50. The average Bonchev–Trinajstić information content (AvgIpc) is 3.22. The van der Waals surface area contributed by atoms with E-state index in [1.165, 1.54) is 33.2 Å². The highest BCUT2D eigenvalue weighted by Crippen LogP contribution is 2.26. The van der Waals surface area contributed by atoms with Crippen molar-refractivity contribution in [1.82, 2.24) is 9.21 Å². The van der Waals surface area contributed by atoms with Gasteiger partial charge in [0.25, 0.3) is 5.91 Å². The summed E-state index contributed by atoms with van der Waals surface area (Å²) in [4.78, 5) is 15.2. The molecule has 1 aromatic carbocycles. The van der Waals surface area contributed by atoms with Crippen LogP contribution in [0.4, 0.5) is 0 Å². The maximum Gasteiger partial charge on any atom is 0.264 e. The summed E-state index contributed by atoms with van der Waals surface area (Å²) in [6.45, 7) is 1.55. The molecule has 0 atom stereocenters. The number of rotatable bonds is 3. The molecule has 0 bridgehead atoms. The Bertz CT molecular complexity index is 899. The number of sulfonamides is 1. The van der Waals surface area contributed by atoms with Gasteiger partial charge in [-0.1, -0.05) is 12.1 Å². The van der Waals surface area contributed by atoms with Gasteiger partial charge in [-0.15, -0.1) is 11.3 Å². The number of hydrogen-bond donors (Lipinski definition) is 0. The molecule has 0 spiro atoms. The molecular weight excluding hydrogens is 368 g/mol. The van der Waals surface area contributed by atoms with Gasteiger partial charge in [-0.25, -0.2) is 8.42 Å². The molecule has 138 valence electrons. The molecule has 0 radical (unpaired) electrons. The summed E-state index contributed by atoms with van der Waals surface area (Å²) in [6, 6.07) is 9.23. The van der Waals surface area contributed by atoms with E-state index < -0.39 is 10.0 Å². The van der Waals surface area contributed by atoms with Crippen LogP contribution in [-0.4, -0.2) is 49.7 Å². The van der Waals surface area contributed by atoms with E-state index in [2.05, 4.69) is 0 Å². The van der Waals surface area contributed by atoms with Crippen LogP contribution in [0.2, 0.25) is 0 Å². The Morgan fingerprint density at radius 2 is 1.69 bits per heavy atom. The smallest absolute Gasteiger partial charge is 0.264 e. The first-order chi connectivity index (χ1) is 12.6. The van der Waals surface area contributed by atoms with Crippen LogP contribution < -0.4 is 0 Å². The molecule has 7 heteroatoms. The number of hydrogen-bond acceptors (Lipinski definition) is 4. The van der Waals surface area contributed by atoms with E-state index in [-0.39, 0.29) is 5.91 Å². The first-order valence-corrected chi connectivity index (χ1v) is 11.3. The molecular formula is C19H22N2O3S2. The Hall–Kier alpha value is -1.70. The van der Waals surface area contributed by atoms with Crippen molar-refractivity contribution >= 4 is 27.3 Å². The van der Waals surface area contributed by atoms with Gasteiger partial charge in [-0.05, 0) is 60.4 Å². The molecule has 26 heavy (non-hydrogen) atoms. The van der Waals surface area contributed by atoms with Gasteiger partial charge in [-0.2, -0.15) is 4.31 Å². The Balaban J connectivity index is 1.47. The number of benzene rings is 1. The van der Waals surface area contributed by atoms with Crippen molar-refractivity contribution in [1.29, 1.82) is 0 Å². The van der Waals surface area contributed by atoms with Crippen LogP contribution in [0.5, 0.6) is 0 Å². The van der Waals surface area contributed by atoms with E-state index in [9.17, 15) is 13.2 Å². The number of nitrogens with zero attached hydrogens (tertiary/aromatic N) is 2. The third-order valence-corrected chi connectivity index (χ3v) is 7.97. The fourth-order valence-electron chi connectivity index (χ4n) is 3.71. The lowest BCUT2D eigenvalue weighted by Crippen LogP contribution is -2.50. The van der Waals surface area contributed by atoms with Crippen LogP contribution in [0, 0.1) is 0 Å². The summed E-state index contributed by atoms with van der Waals surface area (Å²) >= 11 is 1.42. The van der Waals surface area contributed by atoms with Crippen molar-refractivity contribution in [2.75, 3.05) is 26.2 Å². The highest BCUT2D eigenvalue weighted by atomic mass is 32.2. The Morgan fingerprint density at radius 3 is 2.38 bits per heavy atom. The molecule has 1 amide bonds. The molecule has 0 N–H and O–H groups in total. The molecule has 2 aromatic rings. The molecule has 0 saturated carbocycles. The summed E-state index contributed by atoms with van der Waals surface area (Å²) in [6.07, 6.45) is 4.31. The minimum Gasteiger partial charge on any atom is -0.335 e. The minimum atomic E-state index is -3.50. The Labute approximate surface area is 158 Å². The third-order valence-electron chi connectivity index (χ3n) is 5.22. The number of aryl methyl sites for hydroxylation is 2. The van der Waals surface area contributed by atoms with Gasteiger partial charge in [0.2, 0.25) is 10.0 Å². The normalized spacial score (nSPS) is 18.5. The fourth-order valence-corrected chi connectivity index (χ4v) is 5.87. The molecule has 0 unspecified atom stereocenters. The molecule has 2 heterocycles. The first kappa shape index (κ1) is 17.7. The van der Waals surface area contributed by atoms with Crippen molar-refractivity contribution in [2.45, 2.75) is 30.6 Å². The van der Waals surface area contributed by atoms with Crippen LogP contribution in [0.1, 0.15) is 33.6 Å². The van der Waals surface area contributed by atoms with Gasteiger partial charge in [0, 0.05) is 26.2 Å². The Kier molecular flexibility index (Phi) is 4.86.